The molecule has 1 aliphatic heterocycles. The largest absolute Gasteiger partial charge is 0.417 e. The Morgan fingerprint density at radius 1 is 1.24 bits per heavy atom. The quantitative estimate of drug-likeness (QED) is 0.495. The van der Waals surface area contributed by atoms with E-state index in [9.17, 15) is 4.79 Å². The molecule has 172 valence electrons. The van der Waals surface area contributed by atoms with Crippen LogP contribution in [-0.2, 0) is 10.5 Å². The fraction of sp³-hybridized carbons (Fsp3) is 0.292. The van der Waals surface area contributed by atoms with Crippen molar-refractivity contribution < 1.29 is 14.3 Å². The van der Waals surface area contributed by atoms with E-state index in [2.05, 4.69) is 17.1 Å². The standard InChI is InChI=1S/C24H25ClN4O3S/c1-16-14-31-11-10-29(16)22-13-18(15-33-2)26-23(28-22)17-8-9-21(20(25)12-17)27-24(30)32-19-6-4-3-5-7-19/h3-9,12-13,16H,10-11,14-15H2,1-2H3,(H,27,30)/t16-/m0/s1. The van der Waals surface area contributed by atoms with E-state index >= 15 is 0 Å². The van der Waals surface area contributed by atoms with Crippen molar-refractivity contribution in [3.05, 3.63) is 65.3 Å². The van der Waals surface area contributed by atoms with E-state index in [1.54, 1.807) is 48.2 Å². The molecule has 4 rings (SSSR count). The lowest BCUT2D eigenvalue weighted by atomic mass is 10.1. The molecule has 7 nitrogen and oxygen atoms in total. The summed E-state index contributed by atoms with van der Waals surface area (Å²) in [7, 11) is 0. The monoisotopic (exact) mass is 484 g/mol. The van der Waals surface area contributed by atoms with Crippen molar-refractivity contribution in [2.75, 3.05) is 36.2 Å². The van der Waals surface area contributed by atoms with Crippen molar-refractivity contribution in [3.63, 3.8) is 0 Å². The van der Waals surface area contributed by atoms with Crippen LogP contribution < -0.4 is 15.0 Å². The second kappa shape index (κ2) is 10.9. The van der Waals surface area contributed by atoms with Crippen LogP contribution in [0.15, 0.2) is 54.6 Å². The van der Waals surface area contributed by atoms with Gasteiger partial charge in [-0.2, -0.15) is 11.8 Å². The van der Waals surface area contributed by atoms with Crippen LogP contribution in [0.4, 0.5) is 16.3 Å². The van der Waals surface area contributed by atoms with E-state index in [1.807, 2.05) is 24.5 Å². The molecule has 1 amide bonds. The zero-order valence-electron chi connectivity index (χ0n) is 18.5. The van der Waals surface area contributed by atoms with Gasteiger partial charge in [0.2, 0.25) is 0 Å². The zero-order valence-corrected chi connectivity index (χ0v) is 20.0. The number of anilines is 2. The summed E-state index contributed by atoms with van der Waals surface area (Å²) < 4.78 is 10.8. The molecule has 3 aromatic rings. The van der Waals surface area contributed by atoms with Crippen LogP contribution in [-0.4, -0.2) is 48.1 Å². The van der Waals surface area contributed by atoms with Gasteiger partial charge in [0.25, 0.3) is 0 Å². The Morgan fingerprint density at radius 3 is 2.79 bits per heavy atom. The van der Waals surface area contributed by atoms with Gasteiger partial charge in [-0.05, 0) is 43.5 Å². The molecule has 1 N–H and O–H groups in total. The molecule has 1 aliphatic rings. The number of ether oxygens (including phenoxy) is 2. The predicted octanol–water partition coefficient (Wildman–Crippen LogP) is 5.50. The first-order valence-electron chi connectivity index (χ1n) is 10.6. The number of hydrogen-bond acceptors (Lipinski definition) is 7. The van der Waals surface area contributed by atoms with Gasteiger partial charge in [0, 0.05) is 23.9 Å². The van der Waals surface area contributed by atoms with Crippen LogP contribution in [0, 0.1) is 0 Å². The third-order valence-electron chi connectivity index (χ3n) is 5.14. The second-order valence-corrected chi connectivity index (χ2v) is 8.89. The number of carbonyl (C=O) groups excluding carboxylic acids is 1. The van der Waals surface area contributed by atoms with Gasteiger partial charge in [0.15, 0.2) is 5.82 Å². The molecule has 2 heterocycles. The highest BCUT2D eigenvalue weighted by atomic mass is 35.5. The summed E-state index contributed by atoms with van der Waals surface area (Å²) in [5, 5.41) is 3.05. The molecule has 33 heavy (non-hydrogen) atoms. The van der Waals surface area contributed by atoms with Crippen LogP contribution in [0.1, 0.15) is 12.6 Å². The zero-order chi connectivity index (χ0) is 23.2. The normalized spacial score (nSPS) is 15.8. The number of hydrogen-bond donors (Lipinski definition) is 1. The maximum Gasteiger partial charge on any atom is 0.417 e. The van der Waals surface area contributed by atoms with Gasteiger partial charge in [-0.25, -0.2) is 14.8 Å². The number of carbonyl (C=O) groups is 1. The van der Waals surface area contributed by atoms with Crippen LogP contribution >= 0.6 is 23.4 Å². The highest BCUT2D eigenvalue weighted by molar-refractivity contribution is 7.97. The highest BCUT2D eigenvalue weighted by Gasteiger charge is 2.22. The Morgan fingerprint density at radius 2 is 2.06 bits per heavy atom. The Labute approximate surface area is 202 Å². The van der Waals surface area contributed by atoms with Crippen molar-refractivity contribution in [1.82, 2.24) is 9.97 Å². The summed E-state index contributed by atoms with van der Waals surface area (Å²) >= 11 is 8.19. The maximum atomic E-state index is 12.2. The van der Waals surface area contributed by atoms with E-state index in [4.69, 9.17) is 31.0 Å². The molecular formula is C24H25ClN4O3S. The van der Waals surface area contributed by atoms with Gasteiger partial charge < -0.3 is 14.4 Å². The molecule has 0 aliphatic carbocycles. The minimum Gasteiger partial charge on any atom is -0.410 e. The Balaban J connectivity index is 1.56. The fourth-order valence-electron chi connectivity index (χ4n) is 3.54. The number of nitrogens with one attached hydrogen (secondary N) is 1. The summed E-state index contributed by atoms with van der Waals surface area (Å²) in [5.41, 5.74) is 2.17. The molecule has 1 saturated heterocycles. The number of rotatable bonds is 6. The number of benzene rings is 2. The molecule has 0 spiro atoms. The SMILES string of the molecule is CSCc1cc(N2CCOC[C@@H]2C)nc(-c2ccc(NC(=O)Oc3ccccc3)c(Cl)c2)n1. The molecule has 0 bridgehead atoms. The first kappa shape index (κ1) is 23.4. The van der Waals surface area contributed by atoms with Gasteiger partial charge in [0.05, 0.1) is 35.7 Å². The van der Waals surface area contributed by atoms with Crippen molar-refractivity contribution >= 4 is 41.0 Å². The average molecular weight is 485 g/mol. The lowest BCUT2D eigenvalue weighted by Gasteiger charge is -2.34. The lowest BCUT2D eigenvalue weighted by Crippen LogP contribution is -2.44. The summed E-state index contributed by atoms with van der Waals surface area (Å²) in [4.78, 5) is 24.0. The van der Waals surface area contributed by atoms with Crippen molar-refractivity contribution in [2.45, 2.75) is 18.7 Å². The summed E-state index contributed by atoms with van der Waals surface area (Å²) in [6.07, 6.45) is 1.43. The van der Waals surface area contributed by atoms with E-state index in [-0.39, 0.29) is 6.04 Å². The lowest BCUT2D eigenvalue weighted by molar-refractivity contribution is 0.0985. The highest BCUT2D eigenvalue weighted by Crippen LogP contribution is 2.30. The van der Waals surface area contributed by atoms with Crippen LogP contribution in [0.25, 0.3) is 11.4 Å². The number of para-hydroxylation sites is 1. The van der Waals surface area contributed by atoms with Gasteiger partial charge >= 0.3 is 6.09 Å². The maximum absolute atomic E-state index is 12.2. The van der Waals surface area contributed by atoms with Gasteiger partial charge in [0.1, 0.15) is 11.6 Å². The summed E-state index contributed by atoms with van der Waals surface area (Å²) in [6, 6.07) is 16.4. The number of thioether (sulfide) groups is 1. The van der Waals surface area contributed by atoms with Crippen molar-refractivity contribution in [3.8, 4) is 17.1 Å². The minimum atomic E-state index is -0.613. The number of nitrogens with zero attached hydrogens (tertiary/aromatic N) is 3. The molecule has 9 heteroatoms. The van der Waals surface area contributed by atoms with E-state index < -0.39 is 6.09 Å². The molecule has 1 atom stereocenters. The first-order valence-corrected chi connectivity index (χ1v) is 12.4. The third-order valence-corrected chi connectivity index (χ3v) is 6.03. The summed E-state index contributed by atoms with van der Waals surface area (Å²) in [6.45, 7) is 4.25. The Hall–Kier alpha value is -2.81. The number of halogens is 1. The van der Waals surface area contributed by atoms with Crippen molar-refractivity contribution in [2.24, 2.45) is 0 Å². The van der Waals surface area contributed by atoms with Crippen LogP contribution in [0.3, 0.4) is 0 Å². The van der Waals surface area contributed by atoms with Gasteiger partial charge in [-0.3, -0.25) is 5.32 Å². The molecule has 2 aromatic carbocycles. The number of aromatic nitrogens is 2. The predicted molar refractivity (Wildman–Crippen MR) is 133 cm³/mol. The number of amides is 1. The smallest absolute Gasteiger partial charge is 0.410 e. The Bertz CT molecular complexity index is 1120. The molecule has 1 aromatic heterocycles. The average Bonchev–Trinajstić information content (AvgIpc) is 2.81. The topological polar surface area (TPSA) is 76.6 Å². The molecule has 0 unspecified atom stereocenters. The van der Waals surface area contributed by atoms with Crippen molar-refractivity contribution in [1.29, 1.82) is 0 Å². The van der Waals surface area contributed by atoms with Gasteiger partial charge in [-0.1, -0.05) is 29.8 Å². The van der Waals surface area contributed by atoms with Crippen LogP contribution in [0.2, 0.25) is 5.02 Å². The van der Waals surface area contributed by atoms with E-state index in [1.165, 1.54) is 0 Å². The van der Waals surface area contributed by atoms with E-state index in [0.717, 1.165) is 29.4 Å². The molecule has 1 fully saturated rings. The summed E-state index contributed by atoms with van der Waals surface area (Å²) in [5.74, 6) is 2.70. The third kappa shape index (κ3) is 5.96. The Kier molecular flexibility index (Phi) is 7.69. The fourth-order valence-corrected chi connectivity index (χ4v) is 4.21. The van der Waals surface area contributed by atoms with Crippen LogP contribution in [0.5, 0.6) is 5.75 Å². The van der Waals surface area contributed by atoms with Gasteiger partial charge in [-0.15, -0.1) is 0 Å². The first-order chi connectivity index (χ1) is 16.0. The molecule has 0 saturated carbocycles. The molecule has 0 radical (unpaired) electrons. The molecular weight excluding hydrogens is 460 g/mol. The van der Waals surface area contributed by atoms with E-state index in [0.29, 0.717) is 35.5 Å². The number of morpholine rings is 1. The minimum absolute atomic E-state index is 0.231. The second-order valence-electron chi connectivity index (χ2n) is 7.61.